The molecule has 210 valence electrons. The highest BCUT2D eigenvalue weighted by Crippen LogP contribution is 2.15. The number of anilines is 1. The van der Waals surface area contributed by atoms with Crippen LogP contribution >= 0.6 is 0 Å². The lowest BCUT2D eigenvalue weighted by Crippen LogP contribution is -2.25. The molecule has 4 nitrogen and oxygen atoms in total. The van der Waals surface area contributed by atoms with Gasteiger partial charge in [0.1, 0.15) is 5.75 Å². The van der Waals surface area contributed by atoms with Crippen LogP contribution in [0.15, 0.2) is 24.3 Å². The van der Waals surface area contributed by atoms with E-state index in [9.17, 15) is 10.2 Å². The predicted octanol–water partition coefficient (Wildman–Crippen LogP) is 9.39. The molecular weight excluding hydrogens is 446 g/mol. The van der Waals surface area contributed by atoms with Crippen LogP contribution in [0.1, 0.15) is 142 Å². The smallest absolute Gasteiger partial charge is 0.115 e. The largest absolute Gasteiger partial charge is 0.508 e. The molecule has 1 atom stereocenters. The molecule has 0 amide bonds. The molecule has 0 saturated heterocycles. The second-order valence-electron chi connectivity index (χ2n) is 10.7. The van der Waals surface area contributed by atoms with Gasteiger partial charge in [0.05, 0.1) is 12.7 Å². The SMILES string of the molecule is CCCCCCCCCCCCCCCCCCCCCCCOCC(O)CNc1ccc(O)cc1. The Kier molecular flexibility index (Phi) is 23.1. The fourth-order valence-electron chi connectivity index (χ4n) is 4.73. The number of phenolic OH excluding ortho intramolecular Hbond substituents is 1. The third-order valence-corrected chi connectivity index (χ3v) is 7.11. The zero-order chi connectivity index (χ0) is 25.9. The molecule has 0 bridgehead atoms. The van der Waals surface area contributed by atoms with Gasteiger partial charge in [-0.2, -0.15) is 0 Å². The lowest BCUT2D eigenvalue weighted by atomic mass is 10.0. The van der Waals surface area contributed by atoms with E-state index >= 15 is 0 Å². The highest BCUT2D eigenvalue weighted by molar-refractivity contribution is 5.45. The molecule has 1 unspecified atom stereocenters. The van der Waals surface area contributed by atoms with Crippen molar-refractivity contribution >= 4 is 5.69 Å². The number of hydrogen-bond acceptors (Lipinski definition) is 4. The summed E-state index contributed by atoms with van der Waals surface area (Å²) in [7, 11) is 0. The van der Waals surface area contributed by atoms with Crippen LogP contribution in [0.5, 0.6) is 5.75 Å². The first kappa shape index (κ1) is 32.8. The standard InChI is InChI=1S/C32H59NO3/c1-2-3-4-5-6-7-8-9-10-11-12-13-14-15-16-17-18-19-20-21-22-27-36-29-32(35)28-33-30-23-25-31(34)26-24-30/h23-26,32-35H,2-22,27-29H2,1H3. The summed E-state index contributed by atoms with van der Waals surface area (Å²) >= 11 is 0. The number of ether oxygens (including phenoxy) is 1. The molecule has 0 aliphatic heterocycles. The zero-order valence-corrected chi connectivity index (χ0v) is 23.7. The molecule has 0 aliphatic rings. The van der Waals surface area contributed by atoms with E-state index in [0.717, 1.165) is 18.7 Å². The van der Waals surface area contributed by atoms with E-state index in [2.05, 4.69) is 12.2 Å². The molecule has 1 aromatic carbocycles. The number of benzene rings is 1. The maximum absolute atomic E-state index is 10.00. The molecule has 4 heteroatoms. The Labute approximate surface area is 223 Å². The molecule has 0 fully saturated rings. The van der Waals surface area contributed by atoms with Crippen LogP contribution in [0.25, 0.3) is 0 Å². The van der Waals surface area contributed by atoms with Crippen molar-refractivity contribution < 1.29 is 14.9 Å². The number of aliphatic hydroxyl groups is 1. The molecule has 1 rings (SSSR count). The van der Waals surface area contributed by atoms with Crippen molar-refractivity contribution in [3.05, 3.63) is 24.3 Å². The normalized spacial score (nSPS) is 12.2. The van der Waals surface area contributed by atoms with Gasteiger partial charge in [0.2, 0.25) is 0 Å². The van der Waals surface area contributed by atoms with E-state index in [-0.39, 0.29) is 5.75 Å². The van der Waals surface area contributed by atoms with Crippen LogP contribution in [0, 0.1) is 0 Å². The first-order valence-corrected chi connectivity index (χ1v) is 15.5. The topological polar surface area (TPSA) is 61.7 Å². The van der Waals surface area contributed by atoms with Crippen molar-refractivity contribution in [2.45, 2.75) is 148 Å². The molecule has 0 heterocycles. The number of aliphatic hydroxyl groups excluding tert-OH is 1. The Bertz CT molecular complexity index is 563. The van der Waals surface area contributed by atoms with E-state index in [1.807, 2.05) is 0 Å². The predicted molar refractivity (Wildman–Crippen MR) is 156 cm³/mol. The van der Waals surface area contributed by atoms with E-state index < -0.39 is 6.10 Å². The number of nitrogens with one attached hydrogen (secondary N) is 1. The van der Waals surface area contributed by atoms with Crippen LogP contribution in [0.4, 0.5) is 5.69 Å². The Morgan fingerprint density at radius 2 is 1.00 bits per heavy atom. The third-order valence-electron chi connectivity index (χ3n) is 7.11. The maximum atomic E-state index is 10.00. The minimum atomic E-state index is -0.520. The molecule has 0 aliphatic carbocycles. The van der Waals surface area contributed by atoms with Gasteiger partial charge < -0.3 is 20.3 Å². The van der Waals surface area contributed by atoms with Crippen molar-refractivity contribution in [1.82, 2.24) is 0 Å². The average molecular weight is 506 g/mol. The number of aromatic hydroxyl groups is 1. The monoisotopic (exact) mass is 505 g/mol. The van der Waals surface area contributed by atoms with Crippen LogP contribution < -0.4 is 5.32 Å². The summed E-state index contributed by atoms with van der Waals surface area (Å²) < 4.78 is 5.61. The molecule has 0 aromatic heterocycles. The third kappa shape index (κ3) is 22.0. The van der Waals surface area contributed by atoms with E-state index in [0.29, 0.717) is 13.2 Å². The van der Waals surface area contributed by atoms with Crippen LogP contribution in [0.2, 0.25) is 0 Å². The van der Waals surface area contributed by atoms with E-state index in [1.54, 1.807) is 24.3 Å². The fourth-order valence-corrected chi connectivity index (χ4v) is 4.73. The van der Waals surface area contributed by atoms with Crippen molar-refractivity contribution in [2.24, 2.45) is 0 Å². The fraction of sp³-hybridized carbons (Fsp3) is 0.812. The van der Waals surface area contributed by atoms with E-state index in [4.69, 9.17) is 4.74 Å². The number of rotatable bonds is 27. The number of phenols is 1. The highest BCUT2D eigenvalue weighted by Gasteiger charge is 2.04. The van der Waals surface area contributed by atoms with Crippen molar-refractivity contribution in [3.8, 4) is 5.75 Å². The Hall–Kier alpha value is -1.26. The lowest BCUT2D eigenvalue weighted by Gasteiger charge is -2.13. The van der Waals surface area contributed by atoms with Gasteiger partial charge in [0.25, 0.3) is 0 Å². The lowest BCUT2D eigenvalue weighted by molar-refractivity contribution is 0.0416. The molecular formula is C32H59NO3. The second-order valence-corrected chi connectivity index (χ2v) is 10.7. The summed E-state index contributed by atoms with van der Waals surface area (Å²) in [4.78, 5) is 0. The van der Waals surface area contributed by atoms with Gasteiger partial charge in [0, 0.05) is 18.8 Å². The Balaban J connectivity index is 1.70. The number of hydrogen-bond donors (Lipinski definition) is 3. The van der Waals surface area contributed by atoms with Crippen molar-refractivity contribution in [3.63, 3.8) is 0 Å². The highest BCUT2D eigenvalue weighted by atomic mass is 16.5. The summed E-state index contributed by atoms with van der Waals surface area (Å²) in [6.45, 7) is 3.84. The van der Waals surface area contributed by atoms with Crippen LogP contribution in [-0.2, 0) is 4.74 Å². The quantitative estimate of drug-likeness (QED) is 0.0823. The first-order chi connectivity index (χ1) is 17.7. The zero-order valence-electron chi connectivity index (χ0n) is 23.7. The Morgan fingerprint density at radius 3 is 1.42 bits per heavy atom. The molecule has 1 aromatic rings. The molecule has 0 spiro atoms. The van der Waals surface area contributed by atoms with Gasteiger partial charge in [-0.25, -0.2) is 0 Å². The Morgan fingerprint density at radius 1 is 0.611 bits per heavy atom. The summed E-state index contributed by atoms with van der Waals surface area (Å²) in [6.07, 6.45) is 28.8. The first-order valence-electron chi connectivity index (χ1n) is 15.5. The summed E-state index contributed by atoms with van der Waals surface area (Å²) in [6, 6.07) is 6.85. The average Bonchev–Trinajstić information content (AvgIpc) is 2.88. The van der Waals surface area contributed by atoms with Gasteiger partial charge in [0.15, 0.2) is 0 Å². The number of unbranched alkanes of at least 4 members (excludes halogenated alkanes) is 20. The van der Waals surface area contributed by atoms with Gasteiger partial charge in [-0.3, -0.25) is 0 Å². The summed E-state index contributed by atoms with van der Waals surface area (Å²) in [5, 5.41) is 22.4. The van der Waals surface area contributed by atoms with E-state index in [1.165, 1.54) is 128 Å². The van der Waals surface area contributed by atoms with Crippen molar-refractivity contribution in [2.75, 3.05) is 25.1 Å². The second kappa shape index (κ2) is 25.4. The maximum Gasteiger partial charge on any atom is 0.115 e. The van der Waals surface area contributed by atoms with Crippen molar-refractivity contribution in [1.29, 1.82) is 0 Å². The van der Waals surface area contributed by atoms with Crippen LogP contribution in [-0.4, -0.2) is 36.1 Å². The summed E-state index contributed by atoms with van der Waals surface area (Å²) in [5.41, 5.74) is 0.885. The molecule has 3 N–H and O–H groups in total. The van der Waals surface area contributed by atoms with Gasteiger partial charge in [-0.15, -0.1) is 0 Å². The minimum absolute atomic E-state index is 0.245. The molecule has 0 saturated carbocycles. The molecule has 36 heavy (non-hydrogen) atoms. The van der Waals surface area contributed by atoms with Gasteiger partial charge in [-0.1, -0.05) is 135 Å². The van der Waals surface area contributed by atoms with Gasteiger partial charge in [-0.05, 0) is 30.7 Å². The summed E-state index contributed by atoms with van der Waals surface area (Å²) in [5.74, 6) is 0.245. The molecule has 0 radical (unpaired) electrons. The van der Waals surface area contributed by atoms with Crippen LogP contribution in [0.3, 0.4) is 0 Å². The minimum Gasteiger partial charge on any atom is -0.508 e. The van der Waals surface area contributed by atoms with Gasteiger partial charge >= 0.3 is 0 Å².